The van der Waals surface area contributed by atoms with Crippen LogP contribution >= 0.6 is 0 Å². The predicted octanol–water partition coefficient (Wildman–Crippen LogP) is 11.6. The summed E-state index contributed by atoms with van der Waals surface area (Å²) in [4.78, 5) is 4.02. The molecule has 9 rings (SSSR count). The second-order valence-corrected chi connectivity index (χ2v) is 11.9. The largest absolute Gasteiger partial charge is 0.318 e. The van der Waals surface area contributed by atoms with Crippen LogP contribution in [0.2, 0.25) is 0 Å². The van der Waals surface area contributed by atoms with Crippen LogP contribution in [0, 0.1) is 17.9 Å². The van der Waals surface area contributed by atoms with E-state index in [1.54, 1.807) is 0 Å². The van der Waals surface area contributed by atoms with E-state index in [4.69, 9.17) is 6.57 Å². The van der Waals surface area contributed by atoms with E-state index in [1.807, 2.05) is 42.5 Å². The molecule has 9 aromatic rings. The van der Waals surface area contributed by atoms with Gasteiger partial charge in [0.05, 0.1) is 46.0 Å². The van der Waals surface area contributed by atoms with Crippen LogP contribution in [-0.2, 0) is 0 Å². The minimum atomic E-state index is 0.550. The number of nitriles is 1. The Labute approximate surface area is 277 Å². The molecular formula is C44H26N4. The van der Waals surface area contributed by atoms with Gasteiger partial charge in [0.15, 0.2) is 0 Å². The number of hydrogen-bond donors (Lipinski definition) is 0. The highest BCUT2D eigenvalue weighted by atomic mass is 15.0. The van der Waals surface area contributed by atoms with Gasteiger partial charge in [-0.25, -0.2) is 4.85 Å². The summed E-state index contributed by atoms with van der Waals surface area (Å²) in [6.07, 6.45) is 0. The Morgan fingerprint density at radius 1 is 0.479 bits per heavy atom. The van der Waals surface area contributed by atoms with Gasteiger partial charge in [0.2, 0.25) is 5.69 Å². The van der Waals surface area contributed by atoms with Gasteiger partial charge in [-0.2, -0.15) is 5.26 Å². The summed E-state index contributed by atoms with van der Waals surface area (Å²) in [5.74, 6) is 0. The second-order valence-electron chi connectivity index (χ2n) is 11.9. The molecule has 0 saturated carbocycles. The van der Waals surface area contributed by atoms with Crippen LogP contribution in [0.15, 0.2) is 158 Å². The summed E-state index contributed by atoms with van der Waals surface area (Å²) in [6, 6.07) is 56.5. The standard InChI is InChI=1S/C44H26N4/c1-46-39-16-10-15-37(44(39)48-42-19-8-4-13-35(42)36-14-5-9-20-43(36)48)38-27-29(28-45)21-26-32(38)30-22-24-31(25-23-30)47-40-17-6-2-11-33(40)34-12-3-7-18-41(34)47/h2-27H. The van der Waals surface area contributed by atoms with Crippen molar-refractivity contribution in [3.05, 3.63) is 175 Å². The van der Waals surface area contributed by atoms with Crippen molar-refractivity contribution < 1.29 is 0 Å². The number of aromatic nitrogens is 2. The summed E-state index contributed by atoms with van der Waals surface area (Å²) >= 11 is 0. The normalized spacial score (nSPS) is 11.3. The van der Waals surface area contributed by atoms with Crippen molar-refractivity contribution >= 4 is 49.3 Å². The maximum Gasteiger partial charge on any atom is 0.211 e. The molecule has 0 spiro atoms. The molecule has 4 nitrogen and oxygen atoms in total. The lowest BCUT2D eigenvalue weighted by Crippen LogP contribution is -1.99. The highest BCUT2D eigenvalue weighted by molar-refractivity contribution is 6.11. The first-order valence-electron chi connectivity index (χ1n) is 15.9. The van der Waals surface area contributed by atoms with Gasteiger partial charge < -0.3 is 9.13 Å². The molecule has 0 amide bonds. The van der Waals surface area contributed by atoms with E-state index in [2.05, 4.69) is 135 Å². The first-order valence-corrected chi connectivity index (χ1v) is 15.9. The van der Waals surface area contributed by atoms with Crippen molar-refractivity contribution in [3.63, 3.8) is 0 Å². The summed E-state index contributed by atoms with van der Waals surface area (Å²) in [6.45, 7) is 8.22. The van der Waals surface area contributed by atoms with Gasteiger partial charge in [0, 0.05) is 27.2 Å². The molecule has 0 N–H and O–H groups in total. The van der Waals surface area contributed by atoms with Crippen molar-refractivity contribution in [3.8, 4) is 39.7 Å². The van der Waals surface area contributed by atoms with Crippen LogP contribution in [-0.4, -0.2) is 9.13 Å². The fourth-order valence-corrected chi connectivity index (χ4v) is 7.32. The molecule has 0 radical (unpaired) electrons. The maximum atomic E-state index is 10.0. The number of rotatable bonds is 4. The van der Waals surface area contributed by atoms with E-state index in [-0.39, 0.29) is 0 Å². The van der Waals surface area contributed by atoms with Crippen molar-refractivity contribution in [1.82, 2.24) is 9.13 Å². The molecule has 222 valence electrons. The lowest BCUT2D eigenvalue weighted by atomic mass is 9.91. The quantitative estimate of drug-likeness (QED) is 0.183. The molecule has 4 heteroatoms. The van der Waals surface area contributed by atoms with Crippen molar-refractivity contribution in [2.24, 2.45) is 0 Å². The molecule has 0 saturated heterocycles. The third-order valence-corrected chi connectivity index (χ3v) is 9.39. The average Bonchev–Trinajstić information content (AvgIpc) is 3.67. The lowest BCUT2D eigenvalue weighted by Gasteiger charge is -2.19. The van der Waals surface area contributed by atoms with Crippen LogP contribution in [0.1, 0.15) is 5.56 Å². The summed E-state index contributed by atoms with van der Waals surface area (Å²) < 4.78 is 4.52. The Balaban J connectivity index is 1.27. The molecule has 0 bridgehead atoms. The van der Waals surface area contributed by atoms with Crippen LogP contribution in [0.5, 0.6) is 0 Å². The molecule has 48 heavy (non-hydrogen) atoms. The summed E-state index contributed by atoms with van der Waals surface area (Å²) in [7, 11) is 0. The molecule has 2 aromatic heterocycles. The minimum Gasteiger partial charge on any atom is -0.318 e. The Bertz CT molecular complexity index is 2690. The summed E-state index contributed by atoms with van der Waals surface area (Å²) in [5.41, 5.74) is 11.2. The zero-order valence-corrected chi connectivity index (χ0v) is 25.8. The average molecular weight is 611 g/mol. The monoisotopic (exact) mass is 610 g/mol. The smallest absolute Gasteiger partial charge is 0.211 e. The third-order valence-electron chi connectivity index (χ3n) is 9.39. The van der Waals surface area contributed by atoms with Crippen molar-refractivity contribution in [1.29, 1.82) is 5.26 Å². The van der Waals surface area contributed by atoms with Gasteiger partial charge in [0.25, 0.3) is 0 Å². The topological polar surface area (TPSA) is 38.0 Å². The molecule has 0 aliphatic rings. The Morgan fingerprint density at radius 3 is 1.52 bits per heavy atom. The van der Waals surface area contributed by atoms with Crippen LogP contribution in [0.4, 0.5) is 5.69 Å². The second kappa shape index (κ2) is 10.9. The molecule has 0 aliphatic heterocycles. The van der Waals surface area contributed by atoms with E-state index in [9.17, 15) is 5.26 Å². The number of hydrogen-bond acceptors (Lipinski definition) is 1. The predicted molar refractivity (Wildman–Crippen MR) is 197 cm³/mol. The van der Waals surface area contributed by atoms with E-state index in [1.165, 1.54) is 10.8 Å². The Hall–Kier alpha value is -6.88. The van der Waals surface area contributed by atoms with Gasteiger partial charge in [0.1, 0.15) is 0 Å². The maximum absolute atomic E-state index is 10.0. The Kier molecular flexibility index (Phi) is 6.22. The SMILES string of the molecule is [C-]#[N+]c1cccc(-c2cc(C#N)ccc2-c2ccc(-n3c4ccccc4c4ccccc43)cc2)c1-n1c2ccccc2c2ccccc21. The van der Waals surface area contributed by atoms with E-state index in [0.717, 1.165) is 66.5 Å². The van der Waals surface area contributed by atoms with Gasteiger partial charge >= 0.3 is 0 Å². The minimum absolute atomic E-state index is 0.550. The first-order chi connectivity index (χ1) is 23.7. The molecule has 2 heterocycles. The van der Waals surface area contributed by atoms with Crippen LogP contribution in [0.25, 0.3) is 82.1 Å². The number of benzene rings is 7. The van der Waals surface area contributed by atoms with Gasteiger partial charge in [-0.15, -0.1) is 0 Å². The van der Waals surface area contributed by atoms with Crippen LogP contribution < -0.4 is 0 Å². The zero-order valence-electron chi connectivity index (χ0n) is 25.8. The molecule has 0 unspecified atom stereocenters. The number of fused-ring (bicyclic) bond motifs is 6. The fourth-order valence-electron chi connectivity index (χ4n) is 7.32. The molecule has 7 aromatic carbocycles. The summed E-state index contributed by atoms with van der Waals surface area (Å²) in [5, 5.41) is 14.7. The van der Waals surface area contributed by atoms with E-state index in [0.29, 0.717) is 11.3 Å². The van der Waals surface area contributed by atoms with Crippen molar-refractivity contribution in [2.75, 3.05) is 0 Å². The zero-order chi connectivity index (χ0) is 32.2. The lowest BCUT2D eigenvalue weighted by molar-refractivity contribution is 1.18. The number of para-hydroxylation sites is 5. The number of nitrogens with zero attached hydrogens (tertiary/aromatic N) is 4. The molecule has 0 fully saturated rings. The van der Waals surface area contributed by atoms with E-state index >= 15 is 0 Å². The highest BCUT2D eigenvalue weighted by Crippen LogP contribution is 2.44. The van der Waals surface area contributed by atoms with Gasteiger partial charge in [-0.05, 0) is 70.8 Å². The van der Waals surface area contributed by atoms with Gasteiger partial charge in [-0.1, -0.05) is 109 Å². The fraction of sp³-hybridized carbons (Fsp3) is 0. The first kappa shape index (κ1) is 27.4. The highest BCUT2D eigenvalue weighted by Gasteiger charge is 2.21. The third kappa shape index (κ3) is 4.07. The molecular weight excluding hydrogens is 585 g/mol. The van der Waals surface area contributed by atoms with Gasteiger partial charge in [-0.3, -0.25) is 0 Å². The van der Waals surface area contributed by atoms with Crippen LogP contribution in [0.3, 0.4) is 0 Å². The molecule has 0 aliphatic carbocycles. The molecule has 0 atom stereocenters. The Morgan fingerprint density at radius 2 is 1.00 bits per heavy atom. The van der Waals surface area contributed by atoms with E-state index < -0.39 is 0 Å². The van der Waals surface area contributed by atoms with Crippen molar-refractivity contribution in [2.45, 2.75) is 0 Å².